The highest BCUT2D eigenvalue weighted by atomic mass is 32.1. The van der Waals surface area contributed by atoms with E-state index in [1.165, 1.54) is 11.3 Å². The molecule has 0 radical (unpaired) electrons. The molecule has 0 bridgehead atoms. The molecular weight excluding hydrogens is 234 g/mol. The number of hydrogen-bond acceptors (Lipinski definition) is 4. The topological polar surface area (TPSA) is 42.4 Å². The zero-order valence-corrected chi connectivity index (χ0v) is 10.6. The third-order valence-electron chi connectivity index (χ3n) is 2.25. The second-order valence-electron chi connectivity index (χ2n) is 4.01. The lowest BCUT2D eigenvalue weighted by molar-refractivity contribution is 0.219. The zero-order chi connectivity index (χ0) is 12.3. The summed E-state index contributed by atoms with van der Waals surface area (Å²) in [6.07, 6.45) is 1.20. The predicted octanol–water partition coefficient (Wildman–Crippen LogP) is 3.01. The van der Waals surface area contributed by atoms with Crippen LogP contribution in [-0.4, -0.2) is 16.2 Å². The third kappa shape index (κ3) is 3.05. The fourth-order valence-corrected chi connectivity index (χ4v) is 2.16. The van der Waals surface area contributed by atoms with Crippen molar-refractivity contribution in [3.8, 4) is 5.75 Å². The number of nitrogens with zero attached hydrogens (tertiary/aromatic N) is 1. The molecule has 0 fully saturated rings. The average molecular weight is 249 g/mol. The van der Waals surface area contributed by atoms with E-state index in [9.17, 15) is 5.11 Å². The molecule has 0 saturated carbocycles. The van der Waals surface area contributed by atoms with Crippen LogP contribution in [0.15, 0.2) is 35.8 Å². The van der Waals surface area contributed by atoms with E-state index >= 15 is 0 Å². The Kier molecular flexibility index (Phi) is 3.76. The highest BCUT2D eigenvalue weighted by molar-refractivity contribution is 7.09. The van der Waals surface area contributed by atoms with Crippen LogP contribution in [0.4, 0.5) is 0 Å². The van der Waals surface area contributed by atoms with Gasteiger partial charge in [-0.2, -0.15) is 0 Å². The zero-order valence-electron chi connectivity index (χ0n) is 9.83. The molecule has 90 valence electrons. The molecule has 1 aromatic carbocycles. The van der Waals surface area contributed by atoms with Crippen molar-refractivity contribution in [2.45, 2.75) is 26.1 Å². The van der Waals surface area contributed by atoms with Crippen LogP contribution in [0.3, 0.4) is 0 Å². The third-order valence-corrected chi connectivity index (χ3v) is 3.08. The van der Waals surface area contributed by atoms with E-state index in [-0.39, 0.29) is 6.10 Å². The van der Waals surface area contributed by atoms with Crippen molar-refractivity contribution in [1.82, 2.24) is 4.98 Å². The lowest BCUT2D eigenvalue weighted by atomic mass is 10.1. The monoisotopic (exact) mass is 249 g/mol. The van der Waals surface area contributed by atoms with Crippen LogP contribution in [0.25, 0.3) is 0 Å². The molecule has 2 rings (SSSR count). The summed E-state index contributed by atoms with van der Waals surface area (Å²) < 4.78 is 5.54. The largest absolute Gasteiger partial charge is 0.491 e. The van der Waals surface area contributed by atoms with E-state index in [0.29, 0.717) is 5.01 Å². The molecule has 0 aliphatic carbocycles. The second-order valence-corrected chi connectivity index (χ2v) is 4.93. The van der Waals surface area contributed by atoms with E-state index in [1.54, 1.807) is 6.20 Å². The van der Waals surface area contributed by atoms with Crippen LogP contribution in [0.5, 0.6) is 5.75 Å². The Morgan fingerprint density at radius 3 is 2.47 bits per heavy atom. The quantitative estimate of drug-likeness (QED) is 0.905. The van der Waals surface area contributed by atoms with E-state index in [2.05, 4.69) is 4.98 Å². The summed E-state index contributed by atoms with van der Waals surface area (Å²) in [5, 5.41) is 12.6. The molecular formula is C13H15NO2S. The van der Waals surface area contributed by atoms with Gasteiger partial charge < -0.3 is 9.84 Å². The first-order valence-corrected chi connectivity index (χ1v) is 6.39. The van der Waals surface area contributed by atoms with Gasteiger partial charge in [0.05, 0.1) is 6.10 Å². The summed E-state index contributed by atoms with van der Waals surface area (Å²) in [5.41, 5.74) is 0.830. The van der Waals surface area contributed by atoms with Gasteiger partial charge in [-0.05, 0) is 31.5 Å². The Bertz CT molecular complexity index is 451. The maximum Gasteiger partial charge on any atom is 0.131 e. The van der Waals surface area contributed by atoms with E-state index in [4.69, 9.17) is 4.74 Å². The van der Waals surface area contributed by atoms with Gasteiger partial charge in [0.25, 0.3) is 0 Å². The van der Waals surface area contributed by atoms with Gasteiger partial charge in [0.15, 0.2) is 0 Å². The van der Waals surface area contributed by atoms with Crippen LogP contribution in [0.1, 0.15) is 30.5 Å². The first-order chi connectivity index (χ1) is 8.16. The number of aliphatic hydroxyl groups is 1. The van der Waals surface area contributed by atoms with Crippen LogP contribution in [-0.2, 0) is 0 Å². The highest BCUT2D eigenvalue weighted by Crippen LogP contribution is 2.25. The Balaban J connectivity index is 2.12. The fourth-order valence-electron chi connectivity index (χ4n) is 1.51. The minimum absolute atomic E-state index is 0.157. The molecule has 0 aliphatic heterocycles. The van der Waals surface area contributed by atoms with Crippen molar-refractivity contribution in [3.63, 3.8) is 0 Å². The molecule has 17 heavy (non-hydrogen) atoms. The number of thiazole rings is 1. The van der Waals surface area contributed by atoms with Gasteiger partial charge in [0, 0.05) is 11.6 Å². The standard InChI is InChI=1S/C13H15NO2S/c1-9(2)16-11-5-3-10(4-6-11)12(15)13-14-7-8-17-13/h3-9,12,15H,1-2H3. The lowest BCUT2D eigenvalue weighted by Gasteiger charge is -2.11. The normalized spacial score (nSPS) is 12.7. The van der Waals surface area contributed by atoms with Crippen molar-refractivity contribution < 1.29 is 9.84 Å². The molecule has 0 spiro atoms. The summed E-state index contributed by atoms with van der Waals surface area (Å²) in [4.78, 5) is 4.10. The lowest BCUT2D eigenvalue weighted by Crippen LogP contribution is -2.05. The average Bonchev–Trinajstić information content (AvgIpc) is 2.82. The molecule has 1 atom stereocenters. The van der Waals surface area contributed by atoms with Crippen molar-refractivity contribution >= 4 is 11.3 Å². The summed E-state index contributed by atoms with van der Waals surface area (Å²) >= 11 is 1.45. The van der Waals surface area contributed by atoms with Gasteiger partial charge in [-0.25, -0.2) is 4.98 Å². The molecule has 1 unspecified atom stereocenters. The number of rotatable bonds is 4. The van der Waals surface area contributed by atoms with Crippen LogP contribution in [0.2, 0.25) is 0 Å². The molecule has 1 heterocycles. The maximum atomic E-state index is 10.1. The van der Waals surface area contributed by atoms with E-state index in [0.717, 1.165) is 11.3 Å². The molecule has 1 aromatic heterocycles. The predicted molar refractivity (Wildman–Crippen MR) is 68.4 cm³/mol. The number of benzene rings is 1. The summed E-state index contributed by atoms with van der Waals surface area (Å²) in [6, 6.07) is 7.46. The minimum atomic E-state index is -0.650. The van der Waals surface area contributed by atoms with Crippen LogP contribution in [0, 0.1) is 0 Å². The summed E-state index contributed by atoms with van der Waals surface area (Å²) in [6.45, 7) is 3.97. The molecule has 0 saturated heterocycles. The Hall–Kier alpha value is -1.39. The van der Waals surface area contributed by atoms with Crippen LogP contribution < -0.4 is 4.74 Å². The Morgan fingerprint density at radius 2 is 1.94 bits per heavy atom. The van der Waals surface area contributed by atoms with Crippen molar-refractivity contribution in [3.05, 3.63) is 46.4 Å². The fraction of sp³-hybridized carbons (Fsp3) is 0.308. The number of hydrogen-bond donors (Lipinski definition) is 1. The van der Waals surface area contributed by atoms with Crippen LogP contribution >= 0.6 is 11.3 Å². The van der Waals surface area contributed by atoms with Gasteiger partial charge >= 0.3 is 0 Å². The highest BCUT2D eigenvalue weighted by Gasteiger charge is 2.12. The molecule has 4 heteroatoms. The van der Waals surface area contributed by atoms with Gasteiger partial charge in [-0.3, -0.25) is 0 Å². The second kappa shape index (κ2) is 5.29. The van der Waals surface area contributed by atoms with Gasteiger partial charge in [0.2, 0.25) is 0 Å². The van der Waals surface area contributed by atoms with Gasteiger partial charge in [0.1, 0.15) is 16.9 Å². The van der Waals surface area contributed by atoms with Crippen molar-refractivity contribution in [2.24, 2.45) is 0 Å². The Morgan fingerprint density at radius 1 is 1.24 bits per heavy atom. The van der Waals surface area contributed by atoms with E-state index in [1.807, 2.05) is 43.5 Å². The SMILES string of the molecule is CC(C)Oc1ccc(C(O)c2nccs2)cc1. The molecule has 2 aromatic rings. The molecule has 0 aliphatic rings. The summed E-state index contributed by atoms with van der Waals surface area (Å²) in [5.74, 6) is 0.815. The van der Waals surface area contributed by atoms with Gasteiger partial charge in [-0.15, -0.1) is 11.3 Å². The molecule has 3 nitrogen and oxygen atoms in total. The maximum absolute atomic E-state index is 10.1. The van der Waals surface area contributed by atoms with Gasteiger partial charge in [-0.1, -0.05) is 12.1 Å². The van der Waals surface area contributed by atoms with Crippen molar-refractivity contribution in [2.75, 3.05) is 0 Å². The number of ether oxygens (including phenoxy) is 1. The first-order valence-electron chi connectivity index (χ1n) is 5.51. The Labute approximate surface area is 105 Å². The smallest absolute Gasteiger partial charge is 0.131 e. The van der Waals surface area contributed by atoms with E-state index < -0.39 is 6.10 Å². The minimum Gasteiger partial charge on any atom is -0.491 e. The molecule has 0 amide bonds. The first kappa shape index (κ1) is 12.1. The molecule has 1 N–H and O–H groups in total. The van der Waals surface area contributed by atoms with Crippen molar-refractivity contribution in [1.29, 1.82) is 0 Å². The number of aliphatic hydroxyl groups excluding tert-OH is 1. The summed E-state index contributed by atoms with van der Waals surface area (Å²) in [7, 11) is 0. The number of aromatic nitrogens is 1.